The summed E-state index contributed by atoms with van der Waals surface area (Å²) in [5, 5.41) is 12.9. The van der Waals surface area contributed by atoms with Crippen LogP contribution in [-0.2, 0) is 17.8 Å². The monoisotopic (exact) mass is 284 g/mol. The standard InChI is InChI=1S/C16H16N2O3/c19-13-9-11-5-1-2-6-12(11)16(13)17-14(20)10-18-8-4-3-7-15(18)21/h1-8,13,16,19H,9-10H2,(H,17,20)/t13-,16-/m1/s1. The number of carbonyl (C=O) groups excluding carboxylic acids is 1. The third kappa shape index (κ3) is 2.73. The van der Waals surface area contributed by atoms with Gasteiger partial charge < -0.3 is 15.0 Å². The van der Waals surface area contributed by atoms with Crippen molar-refractivity contribution < 1.29 is 9.90 Å². The smallest absolute Gasteiger partial charge is 0.250 e. The van der Waals surface area contributed by atoms with E-state index < -0.39 is 12.1 Å². The van der Waals surface area contributed by atoms with E-state index >= 15 is 0 Å². The lowest BCUT2D eigenvalue weighted by Gasteiger charge is -2.18. The Morgan fingerprint density at radius 2 is 2.00 bits per heavy atom. The van der Waals surface area contributed by atoms with Crippen LogP contribution < -0.4 is 10.9 Å². The molecule has 0 fully saturated rings. The number of fused-ring (bicyclic) bond motifs is 1. The molecule has 2 aromatic rings. The van der Waals surface area contributed by atoms with Gasteiger partial charge in [0.25, 0.3) is 5.56 Å². The molecule has 108 valence electrons. The predicted molar refractivity (Wildman–Crippen MR) is 77.7 cm³/mol. The first kappa shape index (κ1) is 13.6. The number of nitrogens with zero attached hydrogens (tertiary/aromatic N) is 1. The first-order valence-corrected chi connectivity index (χ1v) is 6.86. The van der Waals surface area contributed by atoms with E-state index in [0.717, 1.165) is 11.1 Å². The molecule has 1 aromatic heterocycles. The Labute approximate surface area is 121 Å². The zero-order valence-corrected chi connectivity index (χ0v) is 11.4. The number of rotatable bonds is 3. The van der Waals surface area contributed by atoms with Crippen LogP contribution in [0.1, 0.15) is 17.2 Å². The van der Waals surface area contributed by atoms with Gasteiger partial charge in [-0.1, -0.05) is 30.3 Å². The molecule has 0 aliphatic heterocycles. The van der Waals surface area contributed by atoms with Crippen molar-refractivity contribution in [2.24, 2.45) is 0 Å². The third-order valence-electron chi connectivity index (χ3n) is 3.73. The third-order valence-corrected chi connectivity index (χ3v) is 3.73. The van der Waals surface area contributed by atoms with E-state index in [4.69, 9.17) is 0 Å². The fourth-order valence-corrected chi connectivity index (χ4v) is 2.71. The minimum atomic E-state index is -0.626. The zero-order chi connectivity index (χ0) is 14.8. The van der Waals surface area contributed by atoms with E-state index in [1.165, 1.54) is 10.6 Å². The van der Waals surface area contributed by atoms with Crippen LogP contribution in [0.3, 0.4) is 0 Å². The van der Waals surface area contributed by atoms with Gasteiger partial charge in [-0.2, -0.15) is 0 Å². The average molecular weight is 284 g/mol. The minimum Gasteiger partial charge on any atom is -0.390 e. The quantitative estimate of drug-likeness (QED) is 0.868. The Bertz CT molecular complexity index is 723. The van der Waals surface area contributed by atoms with Crippen LogP contribution in [-0.4, -0.2) is 21.7 Å². The number of hydrogen-bond donors (Lipinski definition) is 2. The molecule has 1 aliphatic carbocycles. The van der Waals surface area contributed by atoms with E-state index in [1.54, 1.807) is 18.3 Å². The van der Waals surface area contributed by atoms with Crippen LogP contribution in [0, 0.1) is 0 Å². The van der Waals surface area contributed by atoms with E-state index in [9.17, 15) is 14.7 Å². The summed E-state index contributed by atoms with van der Waals surface area (Å²) in [5.41, 5.74) is 1.77. The van der Waals surface area contributed by atoms with E-state index in [0.29, 0.717) is 6.42 Å². The maximum Gasteiger partial charge on any atom is 0.250 e. The molecule has 2 N–H and O–H groups in total. The molecule has 0 saturated heterocycles. The van der Waals surface area contributed by atoms with Gasteiger partial charge >= 0.3 is 0 Å². The van der Waals surface area contributed by atoms with Crippen LogP contribution in [0.5, 0.6) is 0 Å². The highest BCUT2D eigenvalue weighted by atomic mass is 16.3. The maximum absolute atomic E-state index is 12.1. The maximum atomic E-state index is 12.1. The highest BCUT2D eigenvalue weighted by Gasteiger charge is 2.31. The predicted octanol–water partition coefficient (Wildman–Crippen LogP) is 0.623. The molecule has 5 nitrogen and oxygen atoms in total. The van der Waals surface area contributed by atoms with Gasteiger partial charge in [-0.15, -0.1) is 0 Å². The molecule has 2 atom stereocenters. The van der Waals surface area contributed by atoms with Gasteiger partial charge in [0, 0.05) is 18.7 Å². The van der Waals surface area contributed by atoms with Crippen molar-refractivity contribution in [1.29, 1.82) is 0 Å². The van der Waals surface area contributed by atoms with Crippen molar-refractivity contribution in [2.45, 2.75) is 25.1 Å². The summed E-state index contributed by atoms with van der Waals surface area (Å²) >= 11 is 0. The summed E-state index contributed by atoms with van der Waals surface area (Å²) in [5.74, 6) is -0.288. The van der Waals surface area contributed by atoms with Gasteiger partial charge in [-0.3, -0.25) is 9.59 Å². The summed E-state index contributed by atoms with van der Waals surface area (Å²) in [6, 6.07) is 12.0. The van der Waals surface area contributed by atoms with Gasteiger partial charge in [0.1, 0.15) is 6.54 Å². The largest absolute Gasteiger partial charge is 0.390 e. The van der Waals surface area contributed by atoms with Gasteiger partial charge in [-0.05, 0) is 17.2 Å². The highest BCUT2D eigenvalue weighted by Crippen LogP contribution is 2.31. The Hall–Kier alpha value is -2.40. The highest BCUT2D eigenvalue weighted by molar-refractivity contribution is 5.76. The first-order valence-electron chi connectivity index (χ1n) is 6.86. The average Bonchev–Trinajstić information content (AvgIpc) is 2.78. The fourth-order valence-electron chi connectivity index (χ4n) is 2.71. The molecule has 1 aromatic carbocycles. The van der Waals surface area contributed by atoms with Gasteiger partial charge in [0.2, 0.25) is 5.91 Å². The molecule has 3 rings (SSSR count). The van der Waals surface area contributed by atoms with E-state index in [1.807, 2.05) is 24.3 Å². The van der Waals surface area contributed by atoms with Gasteiger partial charge in [0.15, 0.2) is 0 Å². The number of hydrogen-bond acceptors (Lipinski definition) is 3. The lowest BCUT2D eigenvalue weighted by atomic mass is 10.1. The number of pyridine rings is 1. The SMILES string of the molecule is O=C(Cn1ccccc1=O)N[C@@H]1c2ccccc2C[C@H]1O. The number of amides is 1. The van der Waals surface area contributed by atoms with E-state index in [2.05, 4.69) is 5.32 Å². The summed E-state index contributed by atoms with van der Waals surface area (Å²) in [6.07, 6.45) is 1.48. The molecular weight excluding hydrogens is 268 g/mol. The van der Waals surface area contributed by atoms with Crippen molar-refractivity contribution in [3.8, 4) is 0 Å². The number of carbonyl (C=O) groups is 1. The molecule has 5 heteroatoms. The van der Waals surface area contributed by atoms with Crippen molar-refractivity contribution in [2.75, 3.05) is 0 Å². The molecule has 1 aliphatic rings. The number of nitrogens with one attached hydrogen (secondary N) is 1. The molecular formula is C16H16N2O3. The van der Waals surface area contributed by atoms with E-state index in [-0.39, 0.29) is 18.0 Å². The molecule has 0 saturated carbocycles. The fraction of sp³-hybridized carbons (Fsp3) is 0.250. The summed E-state index contributed by atoms with van der Waals surface area (Å²) in [6.45, 7) is -0.0505. The van der Waals surface area contributed by atoms with Crippen LogP contribution in [0.15, 0.2) is 53.5 Å². The van der Waals surface area contributed by atoms with Crippen LogP contribution in [0.4, 0.5) is 0 Å². The first-order chi connectivity index (χ1) is 10.1. The normalized spacial score (nSPS) is 20.0. The second-order valence-electron chi connectivity index (χ2n) is 5.18. The number of aliphatic hydroxyl groups excluding tert-OH is 1. The zero-order valence-electron chi connectivity index (χ0n) is 11.4. The summed E-state index contributed by atoms with van der Waals surface area (Å²) in [7, 11) is 0. The van der Waals surface area contributed by atoms with Crippen molar-refractivity contribution >= 4 is 5.91 Å². The Kier molecular flexibility index (Phi) is 3.58. The van der Waals surface area contributed by atoms with Gasteiger partial charge in [-0.25, -0.2) is 0 Å². The van der Waals surface area contributed by atoms with Crippen molar-refractivity contribution in [3.63, 3.8) is 0 Å². The van der Waals surface area contributed by atoms with Crippen LogP contribution in [0.25, 0.3) is 0 Å². The van der Waals surface area contributed by atoms with Crippen LogP contribution >= 0.6 is 0 Å². The van der Waals surface area contributed by atoms with Crippen molar-refractivity contribution in [1.82, 2.24) is 9.88 Å². The van der Waals surface area contributed by atoms with Crippen molar-refractivity contribution in [3.05, 3.63) is 70.1 Å². The lowest BCUT2D eigenvalue weighted by Crippen LogP contribution is -2.37. The summed E-state index contributed by atoms with van der Waals surface area (Å²) < 4.78 is 1.34. The van der Waals surface area contributed by atoms with Gasteiger partial charge in [0.05, 0.1) is 12.1 Å². The molecule has 0 spiro atoms. The number of aromatic nitrogens is 1. The number of benzene rings is 1. The molecule has 0 bridgehead atoms. The minimum absolute atomic E-state index is 0.0505. The molecule has 1 heterocycles. The molecule has 0 radical (unpaired) electrons. The number of aliphatic hydroxyl groups is 1. The topological polar surface area (TPSA) is 71.3 Å². The molecule has 21 heavy (non-hydrogen) atoms. The Balaban J connectivity index is 1.74. The second-order valence-corrected chi connectivity index (χ2v) is 5.18. The Morgan fingerprint density at radius 3 is 2.81 bits per heavy atom. The Morgan fingerprint density at radius 1 is 1.24 bits per heavy atom. The summed E-state index contributed by atoms with van der Waals surface area (Å²) in [4.78, 5) is 23.7. The lowest BCUT2D eigenvalue weighted by molar-refractivity contribution is -0.123. The molecule has 0 unspecified atom stereocenters. The molecule has 1 amide bonds. The second kappa shape index (κ2) is 5.54. The van der Waals surface area contributed by atoms with Crippen LogP contribution in [0.2, 0.25) is 0 Å².